The molecule has 0 unspecified atom stereocenters. The van der Waals surface area contributed by atoms with E-state index in [9.17, 15) is 34.8 Å². The first-order valence-electron chi connectivity index (χ1n) is 12.1. The number of benzene rings is 1. The summed E-state index contributed by atoms with van der Waals surface area (Å²) in [6, 6.07) is 0. The molecule has 5 N–H and O–H groups in total. The zero-order valence-corrected chi connectivity index (χ0v) is 18.9. The number of fused-ring (bicyclic) bond motifs is 1. The van der Waals surface area contributed by atoms with E-state index < -0.39 is 61.4 Å². The van der Waals surface area contributed by atoms with Crippen LogP contribution < -0.4 is 4.74 Å². The number of esters is 2. The Morgan fingerprint density at radius 3 is 2.57 bits per heavy atom. The number of methoxy groups -OCH3 is 1. The average molecular weight is 500 g/mol. The summed E-state index contributed by atoms with van der Waals surface area (Å²) < 4.78 is 42.3. The van der Waals surface area contributed by atoms with E-state index in [0.717, 1.165) is 0 Å². The van der Waals surface area contributed by atoms with Crippen LogP contribution in [0.1, 0.15) is 50.9 Å². The Morgan fingerprint density at radius 2 is 1.91 bits per heavy atom. The molecule has 5 atom stereocenters. The van der Waals surface area contributed by atoms with E-state index in [1.54, 1.807) is 19.9 Å². The number of aliphatic hydroxyl groups excluding tert-OH is 3. The summed E-state index contributed by atoms with van der Waals surface area (Å²) >= 11 is 0. The molecule has 2 aliphatic rings. The van der Waals surface area contributed by atoms with Crippen LogP contribution in [0.15, 0.2) is 11.6 Å². The molecule has 12 nitrogen and oxygen atoms in total. The Balaban J connectivity index is 1.70. The third-order valence-corrected chi connectivity index (χ3v) is 5.98. The zero-order valence-electron chi connectivity index (χ0n) is 21.9. The lowest BCUT2D eigenvalue weighted by Crippen LogP contribution is -2.60. The Bertz CT molecular complexity index is 1150. The van der Waals surface area contributed by atoms with Gasteiger partial charge in [-0.05, 0) is 32.3 Å². The molecular formula is C23H28O12. The zero-order chi connectivity index (χ0) is 28.5. The number of allylic oxidation sites excluding steroid dienone is 2. The van der Waals surface area contributed by atoms with Crippen molar-refractivity contribution in [2.24, 2.45) is 0 Å². The molecule has 2 aliphatic heterocycles. The molecule has 2 heterocycles. The molecule has 0 aliphatic carbocycles. The summed E-state index contributed by atoms with van der Waals surface area (Å²) in [7, 11) is -2.83. The molecule has 192 valence electrons. The van der Waals surface area contributed by atoms with Gasteiger partial charge in [-0.15, -0.1) is 0 Å². The van der Waals surface area contributed by atoms with Gasteiger partial charge in [0.25, 0.3) is 0 Å². The Morgan fingerprint density at radius 1 is 1.20 bits per heavy atom. The molecule has 0 spiro atoms. The van der Waals surface area contributed by atoms with Crippen molar-refractivity contribution >= 4 is 17.9 Å². The summed E-state index contributed by atoms with van der Waals surface area (Å²) in [6.45, 7) is 3.05. The third kappa shape index (κ3) is 5.25. The van der Waals surface area contributed by atoms with Crippen molar-refractivity contribution in [2.45, 2.75) is 70.4 Å². The van der Waals surface area contributed by atoms with E-state index in [0.29, 0.717) is 16.7 Å². The average Bonchev–Trinajstić information content (AvgIpc) is 3.21. The Labute approximate surface area is 204 Å². The van der Waals surface area contributed by atoms with Gasteiger partial charge in [0.1, 0.15) is 42.0 Å². The molecule has 0 bridgehead atoms. The number of aliphatic hydroxyl groups is 3. The molecule has 1 fully saturated rings. The Hall–Kier alpha value is -3.19. The molecule has 12 heteroatoms. The van der Waals surface area contributed by atoms with Crippen LogP contribution in [0, 0.1) is 6.92 Å². The molecule has 0 aromatic heterocycles. The summed E-state index contributed by atoms with van der Waals surface area (Å²) in [5.41, 5.74) is 1.23. The molecule has 1 aromatic carbocycles. The van der Waals surface area contributed by atoms with Crippen molar-refractivity contribution in [1.82, 2.24) is 0 Å². The van der Waals surface area contributed by atoms with Crippen molar-refractivity contribution in [3.8, 4) is 11.5 Å². The number of cyclic esters (lactones) is 1. The van der Waals surface area contributed by atoms with Crippen molar-refractivity contribution in [2.75, 3.05) is 7.04 Å². The van der Waals surface area contributed by atoms with E-state index in [2.05, 4.69) is 0 Å². The van der Waals surface area contributed by atoms with Crippen LogP contribution in [0.2, 0.25) is 0 Å². The van der Waals surface area contributed by atoms with E-state index >= 15 is 0 Å². The van der Waals surface area contributed by atoms with E-state index in [-0.39, 0.29) is 42.7 Å². The SMILES string of the molecule is [2H][13C]([2H])([2H])Oc1c(C)c2c(c(O)c1C/C=C(\C)CCC(=O)O[C@@H]1O[C@H](C(=O)O)[C@@H](O)[C@H](O)[C@H]1O)C(=O)OC2. The van der Waals surface area contributed by atoms with Gasteiger partial charge in [0.05, 0.1) is 11.2 Å². The minimum absolute atomic E-state index is 0.0455. The van der Waals surface area contributed by atoms with Crippen LogP contribution in [0.25, 0.3) is 0 Å². The number of carbonyl (C=O) groups excluding carboxylic acids is 2. The number of phenolic OH excluding ortho intramolecular Hbond substituents is 1. The molecule has 0 amide bonds. The molecular weight excluding hydrogens is 469 g/mol. The van der Waals surface area contributed by atoms with Gasteiger partial charge in [-0.25, -0.2) is 9.59 Å². The van der Waals surface area contributed by atoms with Crippen LogP contribution in [-0.2, 0) is 36.8 Å². The van der Waals surface area contributed by atoms with Crippen LogP contribution in [0.5, 0.6) is 11.5 Å². The standard InChI is InChI=1S/C23H28O12/c1-9(4-6-11-15(25)14-12(8-33-22(14)31)10(2)19(11)32-3)5-7-13(24)34-23-18(28)16(26)17(27)20(35-23)21(29)30/h4,16-18,20,23,25-28H,5-8H2,1-3H3,(H,29,30)/b9-4+/t16-,17-,18+,20-,23+/m0/s1/i3+1D3. The molecule has 1 saturated heterocycles. The predicted octanol–water partition coefficient (Wildman–Crippen LogP) is 0.0840. The smallest absolute Gasteiger partial charge is 0.342 e. The number of ether oxygens (including phenoxy) is 4. The first-order chi connectivity index (χ1) is 17.6. The number of carboxylic acid groups (broad SMARTS) is 1. The minimum atomic E-state index is -2.83. The maximum atomic E-state index is 12.3. The number of aromatic hydroxyl groups is 1. The van der Waals surface area contributed by atoms with Gasteiger partial charge in [0.2, 0.25) is 6.29 Å². The number of carboxylic acids is 1. The van der Waals surface area contributed by atoms with Crippen molar-refractivity contribution < 1.29 is 63.0 Å². The Kier molecular flexibility index (Phi) is 6.75. The molecule has 3 rings (SSSR count). The number of aliphatic carboxylic acids is 1. The fourth-order valence-electron chi connectivity index (χ4n) is 3.91. The molecule has 0 saturated carbocycles. The lowest BCUT2D eigenvalue weighted by atomic mass is 9.94. The third-order valence-electron chi connectivity index (χ3n) is 5.98. The lowest BCUT2D eigenvalue weighted by molar-refractivity contribution is -0.286. The van der Waals surface area contributed by atoms with Crippen molar-refractivity contribution in [1.29, 1.82) is 0 Å². The maximum Gasteiger partial charge on any atom is 0.342 e. The molecule has 0 radical (unpaired) electrons. The normalized spacial score (nSPS) is 27.8. The topological polar surface area (TPSA) is 189 Å². The van der Waals surface area contributed by atoms with Crippen LogP contribution >= 0.6 is 0 Å². The summed E-state index contributed by atoms with van der Waals surface area (Å²) in [6.07, 6.45) is -8.11. The highest BCUT2D eigenvalue weighted by Gasteiger charge is 2.48. The largest absolute Gasteiger partial charge is 0.507 e. The first-order valence-corrected chi connectivity index (χ1v) is 10.6. The number of hydrogen-bond acceptors (Lipinski definition) is 11. The van der Waals surface area contributed by atoms with Crippen LogP contribution in [0.4, 0.5) is 0 Å². The quantitative estimate of drug-likeness (QED) is 0.184. The van der Waals surface area contributed by atoms with Gasteiger partial charge in [-0.1, -0.05) is 11.6 Å². The first kappa shape index (κ1) is 22.3. The number of hydrogen-bond donors (Lipinski definition) is 5. The summed E-state index contributed by atoms with van der Waals surface area (Å²) in [4.78, 5) is 35.5. The van der Waals surface area contributed by atoms with Crippen molar-refractivity contribution in [3.63, 3.8) is 0 Å². The maximum absolute atomic E-state index is 12.3. The highest BCUT2D eigenvalue weighted by Crippen LogP contribution is 2.42. The lowest BCUT2D eigenvalue weighted by Gasteiger charge is -2.37. The van der Waals surface area contributed by atoms with Gasteiger partial charge in [0.15, 0.2) is 6.10 Å². The molecule has 1 aromatic rings. The highest BCUT2D eigenvalue weighted by molar-refractivity contribution is 5.98. The second-order valence-electron chi connectivity index (χ2n) is 8.29. The van der Waals surface area contributed by atoms with Gasteiger partial charge in [0, 0.05) is 17.5 Å². The fraction of sp³-hybridized carbons (Fsp3) is 0.522. The molecule has 35 heavy (non-hydrogen) atoms. The predicted molar refractivity (Wildman–Crippen MR) is 116 cm³/mol. The van der Waals surface area contributed by atoms with Crippen LogP contribution in [0.3, 0.4) is 0 Å². The van der Waals surface area contributed by atoms with E-state index in [4.69, 9.17) is 28.2 Å². The summed E-state index contributed by atoms with van der Waals surface area (Å²) in [5.74, 6) is -3.85. The van der Waals surface area contributed by atoms with Gasteiger partial charge < -0.3 is 44.5 Å². The second-order valence-corrected chi connectivity index (χ2v) is 8.29. The summed E-state index contributed by atoms with van der Waals surface area (Å²) in [5, 5.41) is 49.3. The fourth-order valence-corrected chi connectivity index (χ4v) is 3.91. The van der Waals surface area contributed by atoms with Gasteiger partial charge in [-0.2, -0.15) is 0 Å². The highest BCUT2D eigenvalue weighted by atomic mass is 16.7. The van der Waals surface area contributed by atoms with Gasteiger partial charge in [-0.3, -0.25) is 4.79 Å². The van der Waals surface area contributed by atoms with Gasteiger partial charge >= 0.3 is 17.9 Å². The number of phenols is 1. The minimum Gasteiger partial charge on any atom is -0.507 e. The second kappa shape index (κ2) is 10.6. The van der Waals surface area contributed by atoms with E-state index in [1.807, 2.05) is 0 Å². The van der Waals surface area contributed by atoms with E-state index in [1.165, 1.54) is 0 Å². The van der Waals surface area contributed by atoms with Crippen LogP contribution in [-0.4, -0.2) is 81.2 Å². The number of rotatable bonds is 8. The number of carbonyl (C=O) groups is 3. The van der Waals surface area contributed by atoms with Crippen molar-refractivity contribution in [3.05, 3.63) is 33.9 Å². The monoisotopic (exact) mass is 500 g/mol.